The van der Waals surface area contributed by atoms with E-state index >= 15 is 0 Å². The molecule has 5 heteroatoms. The number of ether oxygens (including phenoxy) is 1. The van der Waals surface area contributed by atoms with Crippen molar-refractivity contribution in [2.75, 3.05) is 13.1 Å². The van der Waals surface area contributed by atoms with Crippen LogP contribution in [0, 0.1) is 0 Å². The zero-order chi connectivity index (χ0) is 15.6. The van der Waals surface area contributed by atoms with Crippen LogP contribution in [0.4, 0.5) is 0 Å². The minimum Gasteiger partial charge on any atom is -0.491 e. The Morgan fingerprint density at radius 1 is 1.38 bits per heavy atom. The molecule has 1 aliphatic rings. The summed E-state index contributed by atoms with van der Waals surface area (Å²) in [5, 5.41) is 3.39. The summed E-state index contributed by atoms with van der Waals surface area (Å²) in [5.41, 5.74) is 0.668. The lowest BCUT2D eigenvalue weighted by Crippen LogP contribution is -2.57. The molecule has 21 heavy (non-hydrogen) atoms. The van der Waals surface area contributed by atoms with E-state index in [1.807, 2.05) is 36.9 Å². The first-order valence-electron chi connectivity index (χ1n) is 7.40. The average Bonchev–Trinajstić information content (AvgIpc) is 2.39. The largest absolute Gasteiger partial charge is 0.491 e. The summed E-state index contributed by atoms with van der Waals surface area (Å²) < 4.78 is 6.57. The van der Waals surface area contributed by atoms with E-state index in [9.17, 15) is 4.79 Å². The monoisotopic (exact) mass is 354 g/mol. The third kappa shape index (κ3) is 3.98. The molecule has 0 spiro atoms. The van der Waals surface area contributed by atoms with E-state index in [2.05, 4.69) is 35.1 Å². The van der Waals surface area contributed by atoms with Crippen LogP contribution in [0.2, 0.25) is 0 Å². The van der Waals surface area contributed by atoms with Gasteiger partial charge in [0.15, 0.2) is 0 Å². The molecular weight excluding hydrogens is 332 g/mol. The summed E-state index contributed by atoms with van der Waals surface area (Å²) in [6.45, 7) is 9.71. The molecule has 0 saturated carbocycles. The Morgan fingerprint density at radius 3 is 2.76 bits per heavy atom. The lowest BCUT2D eigenvalue weighted by atomic mass is 10.1. The maximum Gasteiger partial charge on any atom is 0.254 e. The number of benzene rings is 1. The Bertz CT molecular complexity index is 519. The van der Waals surface area contributed by atoms with Crippen LogP contribution in [-0.4, -0.2) is 42.1 Å². The van der Waals surface area contributed by atoms with Crippen molar-refractivity contribution in [1.82, 2.24) is 10.2 Å². The van der Waals surface area contributed by atoms with Gasteiger partial charge in [-0.05, 0) is 45.9 Å². The fourth-order valence-electron chi connectivity index (χ4n) is 2.54. The van der Waals surface area contributed by atoms with Gasteiger partial charge in [-0.2, -0.15) is 0 Å². The van der Waals surface area contributed by atoms with Crippen molar-refractivity contribution in [3.8, 4) is 5.75 Å². The van der Waals surface area contributed by atoms with E-state index < -0.39 is 0 Å². The van der Waals surface area contributed by atoms with Crippen LogP contribution in [-0.2, 0) is 0 Å². The molecule has 4 nitrogen and oxygen atoms in total. The smallest absolute Gasteiger partial charge is 0.254 e. The van der Waals surface area contributed by atoms with Crippen LogP contribution in [0.15, 0.2) is 22.7 Å². The number of hydrogen-bond donors (Lipinski definition) is 1. The Hall–Kier alpha value is -1.07. The number of nitrogens with zero attached hydrogens (tertiary/aromatic N) is 1. The highest BCUT2D eigenvalue weighted by Crippen LogP contribution is 2.24. The highest BCUT2D eigenvalue weighted by Gasteiger charge is 2.29. The predicted molar refractivity (Wildman–Crippen MR) is 87.9 cm³/mol. The van der Waals surface area contributed by atoms with E-state index in [1.54, 1.807) is 0 Å². The molecule has 116 valence electrons. The Kier molecular flexibility index (Phi) is 5.27. The number of carbonyl (C=O) groups excluding carboxylic acids is 1. The zero-order valence-electron chi connectivity index (χ0n) is 13.0. The molecule has 1 amide bonds. The standard InChI is InChI=1S/C16H23BrN2O2/c1-10(2)21-15-8-13(7-14(17)9-15)16(20)19-6-5-18-11(3)12(19)4/h7-12,18H,5-6H2,1-4H3. The van der Waals surface area contributed by atoms with Gasteiger partial charge >= 0.3 is 0 Å². The number of nitrogens with one attached hydrogen (secondary N) is 1. The van der Waals surface area contributed by atoms with E-state index in [0.29, 0.717) is 11.6 Å². The summed E-state index contributed by atoms with van der Waals surface area (Å²) >= 11 is 3.46. The number of piperazine rings is 1. The van der Waals surface area contributed by atoms with Gasteiger partial charge in [-0.25, -0.2) is 0 Å². The van der Waals surface area contributed by atoms with Gasteiger partial charge in [0.1, 0.15) is 5.75 Å². The topological polar surface area (TPSA) is 41.6 Å². The molecule has 2 unspecified atom stereocenters. The Balaban J connectivity index is 2.24. The Labute approximate surface area is 135 Å². The van der Waals surface area contributed by atoms with Crippen LogP contribution in [0.1, 0.15) is 38.1 Å². The van der Waals surface area contributed by atoms with Gasteiger partial charge in [0, 0.05) is 35.2 Å². The van der Waals surface area contributed by atoms with Gasteiger partial charge in [-0.1, -0.05) is 15.9 Å². The number of amides is 1. The molecule has 2 rings (SSSR count). The number of carbonyl (C=O) groups is 1. The summed E-state index contributed by atoms with van der Waals surface area (Å²) in [4.78, 5) is 14.7. The number of hydrogen-bond acceptors (Lipinski definition) is 3. The van der Waals surface area contributed by atoms with Crippen LogP contribution < -0.4 is 10.1 Å². The minimum absolute atomic E-state index is 0.0609. The molecule has 1 N–H and O–H groups in total. The van der Waals surface area contributed by atoms with Crippen molar-refractivity contribution in [2.45, 2.75) is 45.9 Å². The summed E-state index contributed by atoms with van der Waals surface area (Å²) in [6.07, 6.45) is 0.0837. The molecular formula is C16H23BrN2O2. The van der Waals surface area contributed by atoms with Crippen LogP contribution in [0.25, 0.3) is 0 Å². The summed E-state index contributed by atoms with van der Waals surface area (Å²) in [5.74, 6) is 0.782. The van der Waals surface area contributed by atoms with Crippen molar-refractivity contribution in [2.24, 2.45) is 0 Å². The van der Waals surface area contributed by atoms with Crippen LogP contribution >= 0.6 is 15.9 Å². The van der Waals surface area contributed by atoms with Crippen molar-refractivity contribution in [3.63, 3.8) is 0 Å². The van der Waals surface area contributed by atoms with E-state index in [4.69, 9.17) is 4.74 Å². The molecule has 1 aromatic carbocycles. The van der Waals surface area contributed by atoms with E-state index in [0.717, 1.165) is 23.3 Å². The van der Waals surface area contributed by atoms with Gasteiger partial charge in [-0.3, -0.25) is 4.79 Å². The molecule has 1 saturated heterocycles. The number of halogens is 1. The highest BCUT2D eigenvalue weighted by atomic mass is 79.9. The maximum absolute atomic E-state index is 12.8. The van der Waals surface area contributed by atoms with Crippen molar-refractivity contribution < 1.29 is 9.53 Å². The van der Waals surface area contributed by atoms with Gasteiger partial charge in [0.05, 0.1) is 6.10 Å². The highest BCUT2D eigenvalue weighted by molar-refractivity contribution is 9.10. The lowest BCUT2D eigenvalue weighted by molar-refractivity contribution is 0.0602. The SMILES string of the molecule is CC(C)Oc1cc(Br)cc(C(=O)N2CCNC(C)C2C)c1. The van der Waals surface area contributed by atoms with Gasteiger partial charge < -0.3 is 15.0 Å². The maximum atomic E-state index is 12.8. The molecule has 1 aliphatic heterocycles. The third-order valence-electron chi connectivity index (χ3n) is 3.79. The molecule has 1 aromatic rings. The fourth-order valence-corrected chi connectivity index (χ4v) is 3.01. The first-order valence-corrected chi connectivity index (χ1v) is 8.19. The second kappa shape index (κ2) is 6.79. The molecule has 0 aliphatic carbocycles. The van der Waals surface area contributed by atoms with E-state index in [-0.39, 0.29) is 18.1 Å². The number of rotatable bonds is 3. The molecule has 2 atom stereocenters. The van der Waals surface area contributed by atoms with Crippen LogP contribution in [0.5, 0.6) is 5.75 Å². The second-order valence-corrected chi connectivity index (χ2v) is 6.74. The summed E-state index contributed by atoms with van der Waals surface area (Å²) in [6, 6.07) is 6.06. The molecule has 0 aromatic heterocycles. The van der Waals surface area contributed by atoms with Gasteiger partial charge in [0.2, 0.25) is 0 Å². The fraction of sp³-hybridized carbons (Fsp3) is 0.562. The lowest BCUT2D eigenvalue weighted by Gasteiger charge is -2.38. The summed E-state index contributed by atoms with van der Waals surface area (Å²) in [7, 11) is 0. The first kappa shape index (κ1) is 16.3. The average molecular weight is 355 g/mol. The molecule has 0 radical (unpaired) electrons. The second-order valence-electron chi connectivity index (χ2n) is 5.82. The van der Waals surface area contributed by atoms with E-state index in [1.165, 1.54) is 0 Å². The first-order chi connectivity index (χ1) is 9.88. The normalized spacial score (nSPS) is 22.5. The zero-order valence-corrected chi connectivity index (χ0v) is 14.6. The van der Waals surface area contributed by atoms with Gasteiger partial charge in [0.25, 0.3) is 5.91 Å². The van der Waals surface area contributed by atoms with Gasteiger partial charge in [-0.15, -0.1) is 0 Å². The predicted octanol–water partition coefficient (Wildman–Crippen LogP) is 3.06. The molecule has 1 heterocycles. The Morgan fingerprint density at radius 2 is 2.10 bits per heavy atom. The van der Waals surface area contributed by atoms with Crippen molar-refractivity contribution in [3.05, 3.63) is 28.2 Å². The van der Waals surface area contributed by atoms with Crippen molar-refractivity contribution in [1.29, 1.82) is 0 Å². The van der Waals surface area contributed by atoms with Crippen LogP contribution in [0.3, 0.4) is 0 Å². The minimum atomic E-state index is 0.0609. The molecule has 0 bridgehead atoms. The van der Waals surface area contributed by atoms with Crippen molar-refractivity contribution >= 4 is 21.8 Å². The third-order valence-corrected chi connectivity index (χ3v) is 4.24. The quantitative estimate of drug-likeness (QED) is 0.906. The molecule has 1 fully saturated rings.